The zero-order valence-electron chi connectivity index (χ0n) is 15.2. The highest BCUT2D eigenvalue weighted by Gasteiger charge is 2.13. The number of carbonyl (C=O) groups excluding carboxylic acids is 1. The molecular weight excluding hydrogens is 322 g/mol. The molecule has 0 fully saturated rings. The van der Waals surface area contributed by atoms with E-state index in [0.29, 0.717) is 12.1 Å². The van der Waals surface area contributed by atoms with Crippen molar-refractivity contribution >= 4 is 17.6 Å². The number of amides is 1. The van der Waals surface area contributed by atoms with Crippen LogP contribution in [0.2, 0.25) is 0 Å². The van der Waals surface area contributed by atoms with E-state index in [0.717, 1.165) is 29.7 Å². The fourth-order valence-corrected chi connectivity index (χ4v) is 3.12. The zero-order valence-corrected chi connectivity index (χ0v) is 15.2. The van der Waals surface area contributed by atoms with Gasteiger partial charge in [-0.05, 0) is 55.0 Å². The maximum absolute atomic E-state index is 12.9. The van der Waals surface area contributed by atoms with Gasteiger partial charge in [0.25, 0.3) is 5.91 Å². The first-order valence-electron chi connectivity index (χ1n) is 9.13. The molecule has 0 atom stereocenters. The minimum Gasteiger partial charge on any atom is -0.497 e. The zero-order chi connectivity index (χ0) is 18.2. The van der Waals surface area contributed by atoms with Crippen LogP contribution in [0.4, 0.5) is 0 Å². The molecule has 0 unspecified atom stereocenters. The lowest BCUT2D eigenvalue weighted by molar-refractivity contribution is -0.115. The van der Waals surface area contributed by atoms with Gasteiger partial charge in [-0.25, -0.2) is 0 Å². The normalized spacial score (nSPS) is 14.5. The van der Waals surface area contributed by atoms with Crippen LogP contribution in [0.3, 0.4) is 0 Å². The van der Waals surface area contributed by atoms with Gasteiger partial charge < -0.3 is 10.1 Å². The first-order chi connectivity index (χ1) is 12.8. The lowest BCUT2D eigenvalue weighted by atomic mass is 9.99. The molecule has 134 valence electrons. The Morgan fingerprint density at radius 3 is 2.50 bits per heavy atom. The molecule has 0 saturated heterocycles. The third-order valence-electron chi connectivity index (χ3n) is 4.62. The number of methoxy groups -OCH3 is 1. The number of rotatable bonds is 6. The van der Waals surface area contributed by atoms with Crippen molar-refractivity contribution in [3.05, 3.63) is 77.4 Å². The Balaban J connectivity index is 1.81. The van der Waals surface area contributed by atoms with E-state index in [2.05, 4.69) is 11.4 Å². The van der Waals surface area contributed by atoms with Gasteiger partial charge in [-0.15, -0.1) is 0 Å². The monoisotopic (exact) mass is 347 g/mol. The molecule has 26 heavy (non-hydrogen) atoms. The number of nitrogens with one attached hydrogen (secondary N) is 1. The smallest absolute Gasteiger partial charge is 0.252 e. The van der Waals surface area contributed by atoms with E-state index in [-0.39, 0.29) is 5.91 Å². The van der Waals surface area contributed by atoms with Crippen molar-refractivity contribution in [1.82, 2.24) is 5.32 Å². The first-order valence-corrected chi connectivity index (χ1v) is 9.13. The van der Waals surface area contributed by atoms with Crippen molar-refractivity contribution in [2.75, 3.05) is 13.7 Å². The molecule has 1 amide bonds. The van der Waals surface area contributed by atoms with Crippen molar-refractivity contribution in [1.29, 1.82) is 0 Å². The maximum Gasteiger partial charge on any atom is 0.252 e. The highest BCUT2D eigenvalue weighted by molar-refractivity contribution is 6.24. The van der Waals surface area contributed by atoms with Gasteiger partial charge in [-0.3, -0.25) is 4.79 Å². The predicted molar refractivity (Wildman–Crippen MR) is 107 cm³/mol. The lowest BCUT2D eigenvalue weighted by Gasteiger charge is -2.15. The Morgan fingerprint density at radius 1 is 1.08 bits per heavy atom. The molecular formula is C23H25NO2. The van der Waals surface area contributed by atoms with Gasteiger partial charge in [-0.1, -0.05) is 54.1 Å². The Bertz CT molecular complexity index is 789. The second-order valence-corrected chi connectivity index (χ2v) is 6.49. The van der Waals surface area contributed by atoms with Crippen molar-refractivity contribution in [2.45, 2.75) is 25.7 Å². The van der Waals surface area contributed by atoms with E-state index < -0.39 is 0 Å². The van der Waals surface area contributed by atoms with E-state index in [1.807, 2.05) is 60.7 Å². The van der Waals surface area contributed by atoms with Gasteiger partial charge in [0.2, 0.25) is 0 Å². The number of allylic oxidation sites excluding steroid dienone is 1. The second-order valence-electron chi connectivity index (χ2n) is 6.49. The van der Waals surface area contributed by atoms with Crippen molar-refractivity contribution < 1.29 is 9.53 Å². The summed E-state index contributed by atoms with van der Waals surface area (Å²) in [6.45, 7) is 0.631. The Hall–Kier alpha value is -2.81. The highest BCUT2D eigenvalue weighted by Crippen LogP contribution is 2.21. The van der Waals surface area contributed by atoms with Gasteiger partial charge in [0.05, 0.1) is 7.11 Å². The molecule has 3 heteroatoms. The summed E-state index contributed by atoms with van der Waals surface area (Å²) >= 11 is 0. The third kappa shape index (κ3) is 4.85. The molecule has 1 N–H and O–H groups in total. The van der Waals surface area contributed by atoms with Crippen LogP contribution >= 0.6 is 0 Å². The minimum atomic E-state index is -0.0431. The molecule has 0 bridgehead atoms. The van der Waals surface area contributed by atoms with Crippen LogP contribution in [0.5, 0.6) is 5.75 Å². The van der Waals surface area contributed by atoms with E-state index in [9.17, 15) is 4.79 Å². The molecule has 1 aliphatic carbocycles. The van der Waals surface area contributed by atoms with Gasteiger partial charge >= 0.3 is 0 Å². The minimum absolute atomic E-state index is 0.0431. The average molecular weight is 347 g/mol. The van der Waals surface area contributed by atoms with Gasteiger partial charge in [0.15, 0.2) is 0 Å². The fraction of sp³-hybridized carbons (Fsp3) is 0.261. The number of ether oxygens (including phenoxy) is 1. The largest absolute Gasteiger partial charge is 0.497 e. The molecule has 3 nitrogen and oxygen atoms in total. The molecule has 1 aliphatic rings. The number of benzene rings is 2. The summed E-state index contributed by atoms with van der Waals surface area (Å²) in [6.07, 6.45) is 8.87. The molecule has 0 aromatic heterocycles. The molecule has 0 aliphatic heterocycles. The second kappa shape index (κ2) is 9.04. The standard InChI is InChI=1S/C23H25NO2/c1-26-21-14-12-18(13-15-21)16-22(20-10-6-3-7-11-20)23(25)24-17-19-8-4-2-5-9-19/h3,6-8,10-16H,2,4-5,9,17H2,1H3,(H,24,25)/b22-16+. The van der Waals surface area contributed by atoms with Crippen LogP contribution in [0, 0.1) is 0 Å². The Labute approximate surface area is 155 Å². The number of carbonyl (C=O) groups is 1. The summed E-state index contributed by atoms with van der Waals surface area (Å²) in [5, 5.41) is 3.09. The van der Waals surface area contributed by atoms with Crippen LogP contribution in [0.25, 0.3) is 11.6 Å². The molecule has 2 aromatic rings. The topological polar surface area (TPSA) is 38.3 Å². The van der Waals surface area contributed by atoms with Gasteiger partial charge in [0.1, 0.15) is 5.75 Å². The maximum atomic E-state index is 12.9. The molecule has 0 spiro atoms. The molecule has 2 aromatic carbocycles. The fourth-order valence-electron chi connectivity index (χ4n) is 3.12. The summed E-state index contributed by atoms with van der Waals surface area (Å²) in [6, 6.07) is 17.5. The first kappa shape index (κ1) is 18.0. The van der Waals surface area contributed by atoms with Crippen LogP contribution in [-0.4, -0.2) is 19.6 Å². The van der Waals surface area contributed by atoms with Crippen LogP contribution in [0.1, 0.15) is 36.8 Å². The molecule has 0 heterocycles. The van der Waals surface area contributed by atoms with E-state index in [1.165, 1.54) is 18.4 Å². The highest BCUT2D eigenvalue weighted by atomic mass is 16.5. The van der Waals surface area contributed by atoms with Crippen molar-refractivity contribution in [3.63, 3.8) is 0 Å². The number of hydrogen-bond acceptors (Lipinski definition) is 2. The summed E-state index contributed by atoms with van der Waals surface area (Å²) < 4.78 is 5.21. The van der Waals surface area contributed by atoms with E-state index in [1.54, 1.807) is 7.11 Å². The summed E-state index contributed by atoms with van der Waals surface area (Å²) in [5.74, 6) is 0.760. The summed E-state index contributed by atoms with van der Waals surface area (Å²) in [7, 11) is 1.65. The lowest BCUT2D eigenvalue weighted by Crippen LogP contribution is -2.27. The van der Waals surface area contributed by atoms with E-state index in [4.69, 9.17) is 4.74 Å². The Morgan fingerprint density at radius 2 is 1.85 bits per heavy atom. The van der Waals surface area contributed by atoms with E-state index >= 15 is 0 Å². The van der Waals surface area contributed by atoms with Crippen LogP contribution in [0.15, 0.2) is 66.2 Å². The molecule has 3 rings (SSSR count). The molecule has 0 radical (unpaired) electrons. The molecule has 0 saturated carbocycles. The third-order valence-corrected chi connectivity index (χ3v) is 4.62. The van der Waals surface area contributed by atoms with Crippen molar-refractivity contribution in [2.24, 2.45) is 0 Å². The van der Waals surface area contributed by atoms with Gasteiger partial charge in [-0.2, -0.15) is 0 Å². The van der Waals surface area contributed by atoms with Crippen LogP contribution in [-0.2, 0) is 4.79 Å². The Kier molecular flexibility index (Phi) is 6.26. The summed E-state index contributed by atoms with van der Waals surface area (Å²) in [4.78, 5) is 12.9. The summed E-state index contributed by atoms with van der Waals surface area (Å²) in [5.41, 5.74) is 3.89. The predicted octanol–water partition coefficient (Wildman–Crippen LogP) is 4.85. The quantitative estimate of drug-likeness (QED) is 0.461. The SMILES string of the molecule is COc1ccc(/C=C(/C(=O)NCC2=CCCCC2)c2ccccc2)cc1. The van der Waals surface area contributed by atoms with Crippen LogP contribution < -0.4 is 10.1 Å². The van der Waals surface area contributed by atoms with Crippen molar-refractivity contribution in [3.8, 4) is 5.75 Å². The average Bonchev–Trinajstić information content (AvgIpc) is 2.72. The number of hydrogen-bond donors (Lipinski definition) is 1. The van der Waals surface area contributed by atoms with Gasteiger partial charge in [0, 0.05) is 12.1 Å².